The van der Waals surface area contributed by atoms with E-state index in [1.807, 2.05) is 0 Å². The van der Waals surface area contributed by atoms with Gasteiger partial charge in [0.2, 0.25) is 5.34 Å². The molecule has 1 saturated carbocycles. The van der Waals surface area contributed by atoms with E-state index in [0.717, 1.165) is 0 Å². The van der Waals surface area contributed by atoms with Crippen LogP contribution < -0.4 is 0 Å². The van der Waals surface area contributed by atoms with E-state index in [9.17, 15) is 14.5 Å². The molecule has 0 aliphatic heterocycles. The predicted octanol–water partition coefficient (Wildman–Crippen LogP) is 2.83. The predicted molar refractivity (Wildman–Crippen MR) is 81.8 cm³/mol. The molecule has 22 heavy (non-hydrogen) atoms. The summed E-state index contributed by atoms with van der Waals surface area (Å²) in [6, 6.07) is 0. The second-order valence-electron chi connectivity index (χ2n) is 5.34. The molecule has 1 N–H and O–H groups in total. The summed E-state index contributed by atoms with van der Waals surface area (Å²) in [6.07, 6.45) is 3.92. The van der Waals surface area contributed by atoms with Gasteiger partial charge in [-0.3, -0.25) is 9.36 Å². The summed E-state index contributed by atoms with van der Waals surface area (Å²) in [5.41, 5.74) is -1.38. The molecule has 1 fully saturated rings. The van der Waals surface area contributed by atoms with Gasteiger partial charge in [0.05, 0.1) is 18.6 Å². The van der Waals surface area contributed by atoms with E-state index >= 15 is 0 Å². The number of hydrogen-bond acceptors (Lipinski definition) is 6. The summed E-state index contributed by atoms with van der Waals surface area (Å²) in [5.74, 6) is -0.904. The number of ether oxygens (including phenoxy) is 1. The van der Waals surface area contributed by atoms with Gasteiger partial charge in [-0.15, -0.1) is 11.6 Å². The van der Waals surface area contributed by atoms with Crippen LogP contribution in [0.4, 0.5) is 0 Å². The fraction of sp³-hybridized carbons (Fsp3) is 0.786. The third kappa shape index (κ3) is 2.20. The molecule has 0 heterocycles. The van der Waals surface area contributed by atoms with Gasteiger partial charge in [-0.1, -0.05) is 19.1 Å². The number of rotatable bonds is 7. The van der Waals surface area contributed by atoms with E-state index < -0.39 is 35.8 Å². The zero-order valence-electron chi connectivity index (χ0n) is 13.0. The Balaban J connectivity index is 2.45. The summed E-state index contributed by atoms with van der Waals surface area (Å²) in [4.78, 5) is 11.8. The molecule has 0 aromatic rings. The lowest BCUT2D eigenvalue weighted by Gasteiger charge is -2.60. The first kappa shape index (κ1) is 18.0. The van der Waals surface area contributed by atoms with Gasteiger partial charge in [-0.25, -0.2) is 0 Å². The number of alkyl halides is 1. The molecular weight excluding hydrogens is 331 g/mol. The SMILES string of the molecule is CCOP(=O)(OCC)C1(O)C(Cl)C2C=CCC21OC(=O)CC. The molecule has 0 aromatic heterocycles. The molecule has 2 rings (SSSR count). The van der Waals surface area contributed by atoms with Crippen LogP contribution in [0, 0.1) is 5.92 Å². The van der Waals surface area contributed by atoms with Crippen molar-refractivity contribution < 1.29 is 28.3 Å². The van der Waals surface area contributed by atoms with E-state index in [4.69, 9.17) is 25.4 Å². The minimum atomic E-state index is -3.99. The van der Waals surface area contributed by atoms with Crippen molar-refractivity contribution in [2.45, 2.75) is 49.9 Å². The molecule has 0 radical (unpaired) electrons. The molecule has 6 nitrogen and oxygen atoms in total. The average molecular weight is 353 g/mol. The first-order valence-corrected chi connectivity index (χ1v) is 9.45. The fourth-order valence-corrected chi connectivity index (χ4v) is 6.41. The normalized spacial score (nSPS) is 36.8. The Kier molecular flexibility index (Phi) is 5.10. The van der Waals surface area contributed by atoms with Crippen LogP contribution in [-0.4, -0.2) is 40.6 Å². The lowest BCUT2D eigenvalue weighted by molar-refractivity contribution is -0.227. The largest absolute Gasteiger partial charge is 0.454 e. The number of fused-ring (bicyclic) bond motifs is 1. The molecule has 4 unspecified atom stereocenters. The minimum absolute atomic E-state index is 0.0824. The van der Waals surface area contributed by atoms with Crippen molar-refractivity contribution in [3.63, 3.8) is 0 Å². The van der Waals surface area contributed by atoms with Crippen LogP contribution in [0.25, 0.3) is 0 Å². The quantitative estimate of drug-likeness (QED) is 0.328. The van der Waals surface area contributed by atoms with Crippen LogP contribution in [0.2, 0.25) is 0 Å². The smallest absolute Gasteiger partial charge is 0.367 e. The van der Waals surface area contributed by atoms with Crippen molar-refractivity contribution in [3.05, 3.63) is 12.2 Å². The molecule has 126 valence electrons. The summed E-state index contributed by atoms with van der Waals surface area (Å²) >= 11 is 6.30. The summed E-state index contributed by atoms with van der Waals surface area (Å²) in [7, 11) is -3.99. The monoisotopic (exact) mass is 352 g/mol. The molecule has 2 aliphatic rings. The molecular formula is C14H22ClO6P. The third-order valence-electron chi connectivity index (χ3n) is 4.23. The lowest BCUT2D eigenvalue weighted by atomic mass is 9.67. The van der Waals surface area contributed by atoms with E-state index in [1.165, 1.54) is 0 Å². The number of aliphatic hydroxyl groups is 1. The van der Waals surface area contributed by atoms with Gasteiger partial charge in [0.15, 0.2) is 5.60 Å². The zero-order chi connectivity index (χ0) is 16.6. The maximum Gasteiger partial charge on any atom is 0.367 e. The zero-order valence-corrected chi connectivity index (χ0v) is 14.6. The third-order valence-corrected chi connectivity index (χ3v) is 7.65. The van der Waals surface area contributed by atoms with E-state index in [0.29, 0.717) is 0 Å². The Morgan fingerprint density at radius 3 is 2.45 bits per heavy atom. The van der Waals surface area contributed by atoms with Crippen LogP contribution in [0.5, 0.6) is 0 Å². The van der Waals surface area contributed by atoms with Crippen molar-refractivity contribution in [1.29, 1.82) is 0 Å². The number of esters is 1. The van der Waals surface area contributed by atoms with Crippen LogP contribution in [0.15, 0.2) is 12.2 Å². The van der Waals surface area contributed by atoms with Crippen molar-refractivity contribution in [3.8, 4) is 0 Å². The molecule has 0 aromatic carbocycles. The van der Waals surface area contributed by atoms with Crippen molar-refractivity contribution >= 4 is 25.2 Å². The van der Waals surface area contributed by atoms with Gasteiger partial charge in [0.1, 0.15) is 0 Å². The minimum Gasteiger partial charge on any atom is -0.454 e. The highest BCUT2D eigenvalue weighted by atomic mass is 35.5. The Morgan fingerprint density at radius 2 is 1.95 bits per heavy atom. The molecule has 0 spiro atoms. The van der Waals surface area contributed by atoms with E-state index in [-0.39, 0.29) is 26.1 Å². The molecule has 2 aliphatic carbocycles. The second kappa shape index (κ2) is 6.25. The van der Waals surface area contributed by atoms with Gasteiger partial charge < -0.3 is 18.9 Å². The van der Waals surface area contributed by atoms with Crippen molar-refractivity contribution in [2.24, 2.45) is 5.92 Å². The molecule has 0 saturated heterocycles. The van der Waals surface area contributed by atoms with Gasteiger partial charge in [-0.05, 0) is 13.8 Å². The highest BCUT2D eigenvalue weighted by molar-refractivity contribution is 7.55. The van der Waals surface area contributed by atoms with Crippen LogP contribution >= 0.6 is 19.2 Å². The van der Waals surface area contributed by atoms with Crippen molar-refractivity contribution in [1.82, 2.24) is 0 Å². The Labute approximate surface area is 135 Å². The summed E-state index contributed by atoms with van der Waals surface area (Å²) in [6.45, 7) is 5.10. The Hall–Kier alpha value is -0.390. The standard InChI is InChI=1S/C14H22ClO6P/c1-4-11(16)21-13-9-7-8-10(13)12(15)14(13,17)22(18,19-5-2)20-6-3/h7-8,10,12,17H,4-6,9H2,1-3H3. The van der Waals surface area contributed by atoms with Gasteiger partial charge in [-0.2, -0.15) is 0 Å². The maximum atomic E-state index is 13.1. The number of halogens is 1. The van der Waals surface area contributed by atoms with Crippen LogP contribution in [-0.2, 0) is 23.1 Å². The van der Waals surface area contributed by atoms with E-state index in [1.54, 1.807) is 32.9 Å². The summed E-state index contributed by atoms with van der Waals surface area (Å²) in [5, 5.41) is 8.18. The number of carbonyl (C=O) groups is 1. The molecule has 8 heteroatoms. The van der Waals surface area contributed by atoms with E-state index in [2.05, 4.69) is 0 Å². The van der Waals surface area contributed by atoms with Gasteiger partial charge >= 0.3 is 13.6 Å². The fourth-order valence-electron chi connectivity index (χ4n) is 3.22. The topological polar surface area (TPSA) is 82.1 Å². The Morgan fingerprint density at radius 1 is 1.36 bits per heavy atom. The molecule has 0 amide bonds. The molecule has 0 bridgehead atoms. The maximum absolute atomic E-state index is 13.1. The highest BCUT2D eigenvalue weighted by Crippen LogP contribution is 2.76. The summed E-state index contributed by atoms with van der Waals surface area (Å²) < 4.78 is 29.2. The number of hydrogen-bond donors (Lipinski definition) is 1. The molecule has 4 atom stereocenters. The van der Waals surface area contributed by atoms with Crippen molar-refractivity contribution in [2.75, 3.05) is 13.2 Å². The number of carbonyl (C=O) groups excluding carboxylic acids is 1. The van der Waals surface area contributed by atoms with Gasteiger partial charge in [0.25, 0.3) is 0 Å². The highest BCUT2D eigenvalue weighted by Gasteiger charge is 2.82. The lowest BCUT2D eigenvalue weighted by Crippen LogP contribution is -2.76. The first-order chi connectivity index (χ1) is 10.3. The van der Waals surface area contributed by atoms with Crippen LogP contribution in [0.1, 0.15) is 33.6 Å². The van der Waals surface area contributed by atoms with Crippen LogP contribution in [0.3, 0.4) is 0 Å². The second-order valence-corrected chi connectivity index (χ2v) is 8.00. The first-order valence-electron chi connectivity index (χ1n) is 7.47. The average Bonchev–Trinajstić information content (AvgIpc) is 2.87. The van der Waals surface area contributed by atoms with Gasteiger partial charge in [0, 0.05) is 18.8 Å². The Bertz CT molecular complexity index is 513.